The van der Waals surface area contributed by atoms with Gasteiger partial charge in [-0.25, -0.2) is 0 Å². The van der Waals surface area contributed by atoms with Crippen LogP contribution in [-0.2, 0) is 4.79 Å². The van der Waals surface area contributed by atoms with Crippen LogP contribution < -0.4 is 4.90 Å². The highest BCUT2D eigenvalue weighted by molar-refractivity contribution is 5.91. The average Bonchev–Trinajstić information content (AvgIpc) is 2.53. The number of carbonyl (C=O) groups excluding carboxylic acids is 1. The standard InChI is InChI=1S/C17H21N3O/c1-13(21)19(2)14-8-11-20(12-9-14)17-7-10-18-16-6-4-3-5-15(16)17/h3-7,10,14H,8-9,11-12H2,1-2H3. The van der Waals surface area contributed by atoms with Crippen LogP contribution >= 0.6 is 0 Å². The second-order valence-corrected chi connectivity index (χ2v) is 5.70. The third-order valence-corrected chi connectivity index (χ3v) is 4.48. The largest absolute Gasteiger partial charge is 0.371 e. The molecule has 4 heteroatoms. The smallest absolute Gasteiger partial charge is 0.219 e. The maximum Gasteiger partial charge on any atom is 0.219 e. The van der Waals surface area contributed by atoms with Crippen molar-refractivity contribution in [2.75, 3.05) is 25.0 Å². The molecule has 0 unspecified atom stereocenters. The summed E-state index contributed by atoms with van der Waals surface area (Å²) in [6.45, 7) is 3.61. The number of carbonyl (C=O) groups is 1. The molecule has 4 nitrogen and oxygen atoms in total. The number of benzene rings is 1. The van der Waals surface area contributed by atoms with Crippen molar-refractivity contribution < 1.29 is 4.79 Å². The summed E-state index contributed by atoms with van der Waals surface area (Å²) < 4.78 is 0. The number of hydrogen-bond acceptors (Lipinski definition) is 3. The molecule has 1 aliphatic heterocycles. The number of anilines is 1. The zero-order chi connectivity index (χ0) is 14.8. The van der Waals surface area contributed by atoms with Crippen LogP contribution in [0.2, 0.25) is 0 Å². The lowest BCUT2D eigenvalue weighted by atomic mass is 10.0. The molecule has 1 aliphatic rings. The number of para-hydroxylation sites is 1. The highest BCUT2D eigenvalue weighted by atomic mass is 16.2. The lowest BCUT2D eigenvalue weighted by Crippen LogP contribution is -2.45. The van der Waals surface area contributed by atoms with Gasteiger partial charge in [0.25, 0.3) is 0 Å². The van der Waals surface area contributed by atoms with Gasteiger partial charge in [-0.2, -0.15) is 0 Å². The summed E-state index contributed by atoms with van der Waals surface area (Å²) in [5.74, 6) is 0.155. The number of amides is 1. The van der Waals surface area contributed by atoms with E-state index in [1.165, 1.54) is 11.1 Å². The number of nitrogens with zero attached hydrogens (tertiary/aromatic N) is 3. The van der Waals surface area contributed by atoms with Gasteiger partial charge in [-0.1, -0.05) is 18.2 Å². The molecular weight excluding hydrogens is 262 g/mol. The zero-order valence-corrected chi connectivity index (χ0v) is 12.6. The van der Waals surface area contributed by atoms with Crippen molar-refractivity contribution in [2.24, 2.45) is 0 Å². The minimum absolute atomic E-state index is 0.155. The van der Waals surface area contributed by atoms with Crippen LogP contribution in [0.1, 0.15) is 19.8 Å². The molecule has 0 N–H and O–H groups in total. The summed E-state index contributed by atoms with van der Waals surface area (Å²) in [7, 11) is 1.91. The van der Waals surface area contributed by atoms with Crippen molar-refractivity contribution in [2.45, 2.75) is 25.8 Å². The maximum absolute atomic E-state index is 11.5. The highest BCUT2D eigenvalue weighted by Crippen LogP contribution is 2.28. The number of fused-ring (bicyclic) bond motifs is 1. The zero-order valence-electron chi connectivity index (χ0n) is 12.6. The van der Waals surface area contributed by atoms with Crippen LogP contribution in [0.3, 0.4) is 0 Å². The van der Waals surface area contributed by atoms with Crippen molar-refractivity contribution in [3.8, 4) is 0 Å². The summed E-state index contributed by atoms with van der Waals surface area (Å²) >= 11 is 0. The molecule has 110 valence electrons. The lowest BCUT2D eigenvalue weighted by Gasteiger charge is -2.37. The Morgan fingerprint density at radius 3 is 2.67 bits per heavy atom. The average molecular weight is 283 g/mol. The van der Waals surface area contributed by atoms with Gasteiger partial charge in [0.05, 0.1) is 5.52 Å². The van der Waals surface area contributed by atoms with E-state index in [0.717, 1.165) is 31.4 Å². The number of aromatic nitrogens is 1. The molecule has 21 heavy (non-hydrogen) atoms. The molecule has 0 spiro atoms. The van der Waals surface area contributed by atoms with E-state index in [1.807, 2.05) is 24.2 Å². The third kappa shape index (κ3) is 2.71. The van der Waals surface area contributed by atoms with Gasteiger partial charge in [-0.3, -0.25) is 9.78 Å². The van der Waals surface area contributed by atoms with Crippen LogP contribution in [0.15, 0.2) is 36.5 Å². The Hall–Kier alpha value is -2.10. The van der Waals surface area contributed by atoms with Gasteiger partial charge < -0.3 is 9.80 Å². The maximum atomic E-state index is 11.5. The van der Waals surface area contributed by atoms with Crippen LogP contribution in [-0.4, -0.2) is 42.0 Å². The second-order valence-electron chi connectivity index (χ2n) is 5.70. The first kappa shape index (κ1) is 13.9. The van der Waals surface area contributed by atoms with Crippen LogP contribution in [0.4, 0.5) is 5.69 Å². The Balaban J connectivity index is 1.79. The van der Waals surface area contributed by atoms with E-state index in [9.17, 15) is 4.79 Å². The minimum atomic E-state index is 0.155. The van der Waals surface area contributed by atoms with Gasteiger partial charge in [0.15, 0.2) is 0 Å². The number of hydrogen-bond donors (Lipinski definition) is 0. The number of rotatable bonds is 2. The fourth-order valence-corrected chi connectivity index (χ4v) is 3.11. The first-order valence-electron chi connectivity index (χ1n) is 7.49. The molecule has 0 saturated carbocycles. The molecule has 0 radical (unpaired) electrons. The predicted octanol–water partition coefficient (Wildman–Crippen LogP) is 2.68. The fourth-order valence-electron chi connectivity index (χ4n) is 3.11. The van der Waals surface area contributed by atoms with Crippen molar-refractivity contribution in [1.29, 1.82) is 0 Å². The van der Waals surface area contributed by atoms with Crippen molar-refractivity contribution in [3.63, 3.8) is 0 Å². The Kier molecular flexibility index (Phi) is 3.78. The SMILES string of the molecule is CC(=O)N(C)C1CCN(c2ccnc3ccccc23)CC1. The molecule has 1 aromatic heterocycles. The Labute approximate surface area is 125 Å². The van der Waals surface area contributed by atoms with Gasteiger partial charge in [0, 0.05) is 50.4 Å². The Morgan fingerprint density at radius 1 is 1.24 bits per heavy atom. The van der Waals surface area contributed by atoms with Gasteiger partial charge >= 0.3 is 0 Å². The van der Waals surface area contributed by atoms with Gasteiger partial charge in [-0.15, -0.1) is 0 Å². The topological polar surface area (TPSA) is 36.4 Å². The van der Waals surface area contributed by atoms with Crippen LogP contribution in [0, 0.1) is 0 Å². The van der Waals surface area contributed by atoms with Gasteiger partial charge in [0.1, 0.15) is 0 Å². The Bertz CT molecular complexity index is 642. The first-order valence-corrected chi connectivity index (χ1v) is 7.49. The summed E-state index contributed by atoms with van der Waals surface area (Å²) in [6.07, 6.45) is 3.92. The first-order chi connectivity index (χ1) is 10.2. The molecule has 3 rings (SSSR count). The van der Waals surface area contributed by atoms with E-state index in [4.69, 9.17) is 0 Å². The quantitative estimate of drug-likeness (QED) is 0.850. The molecule has 1 saturated heterocycles. The molecule has 1 aromatic carbocycles. The monoisotopic (exact) mass is 283 g/mol. The Morgan fingerprint density at radius 2 is 1.95 bits per heavy atom. The predicted molar refractivity (Wildman–Crippen MR) is 85.4 cm³/mol. The molecule has 2 heterocycles. The normalized spacial score (nSPS) is 16.2. The summed E-state index contributed by atoms with van der Waals surface area (Å²) in [4.78, 5) is 20.2. The molecule has 1 fully saturated rings. The number of pyridine rings is 1. The van der Waals surface area contributed by atoms with Crippen LogP contribution in [0.25, 0.3) is 10.9 Å². The molecule has 0 bridgehead atoms. The summed E-state index contributed by atoms with van der Waals surface area (Å²) in [5, 5.41) is 1.21. The lowest BCUT2D eigenvalue weighted by molar-refractivity contribution is -0.129. The molecule has 1 amide bonds. The van der Waals surface area contributed by atoms with Gasteiger partial charge in [-0.05, 0) is 25.0 Å². The van der Waals surface area contributed by atoms with E-state index in [-0.39, 0.29) is 5.91 Å². The van der Waals surface area contributed by atoms with E-state index >= 15 is 0 Å². The molecule has 2 aromatic rings. The number of piperidine rings is 1. The highest BCUT2D eigenvalue weighted by Gasteiger charge is 2.24. The molecule has 0 atom stereocenters. The van der Waals surface area contributed by atoms with Crippen molar-refractivity contribution >= 4 is 22.5 Å². The summed E-state index contributed by atoms with van der Waals surface area (Å²) in [5.41, 5.74) is 2.29. The van der Waals surface area contributed by atoms with E-state index in [1.54, 1.807) is 6.92 Å². The molecule has 0 aliphatic carbocycles. The van der Waals surface area contributed by atoms with E-state index in [0.29, 0.717) is 6.04 Å². The minimum Gasteiger partial charge on any atom is -0.371 e. The van der Waals surface area contributed by atoms with Crippen molar-refractivity contribution in [3.05, 3.63) is 36.5 Å². The van der Waals surface area contributed by atoms with Gasteiger partial charge in [0.2, 0.25) is 5.91 Å². The van der Waals surface area contributed by atoms with Crippen LogP contribution in [0.5, 0.6) is 0 Å². The molecular formula is C17H21N3O. The van der Waals surface area contributed by atoms with Crippen molar-refractivity contribution in [1.82, 2.24) is 9.88 Å². The third-order valence-electron chi connectivity index (χ3n) is 4.48. The second kappa shape index (κ2) is 5.72. The fraction of sp³-hybridized carbons (Fsp3) is 0.412. The van der Waals surface area contributed by atoms with E-state index < -0.39 is 0 Å². The van der Waals surface area contributed by atoms with E-state index in [2.05, 4.69) is 34.1 Å². The summed E-state index contributed by atoms with van der Waals surface area (Å²) in [6, 6.07) is 10.7.